The number of ether oxygens (including phenoxy) is 2. The van der Waals surface area contributed by atoms with Crippen molar-refractivity contribution >= 4 is 11.7 Å². The molecular formula is C26H28N2O7. The fourth-order valence-corrected chi connectivity index (χ4v) is 3.91. The van der Waals surface area contributed by atoms with E-state index in [-0.39, 0.29) is 29.2 Å². The van der Waals surface area contributed by atoms with E-state index < -0.39 is 12.1 Å². The van der Waals surface area contributed by atoms with E-state index >= 15 is 0 Å². The lowest BCUT2D eigenvalue weighted by Crippen LogP contribution is -2.39. The lowest BCUT2D eigenvalue weighted by Gasteiger charge is -2.27. The van der Waals surface area contributed by atoms with Crippen LogP contribution >= 0.6 is 0 Å². The highest BCUT2D eigenvalue weighted by atomic mass is 16.8. The highest BCUT2D eigenvalue weighted by molar-refractivity contribution is 5.88. The van der Waals surface area contributed by atoms with Gasteiger partial charge < -0.3 is 25.0 Å². The molecule has 0 aromatic heterocycles. The summed E-state index contributed by atoms with van der Waals surface area (Å²) in [7, 11) is 0. The first-order chi connectivity index (χ1) is 16.9. The van der Waals surface area contributed by atoms with Crippen LogP contribution in [0.4, 0.5) is 5.69 Å². The van der Waals surface area contributed by atoms with Gasteiger partial charge in [0.15, 0.2) is 0 Å². The number of carboxylic acid groups (broad SMARTS) is 1. The number of hydrogen-bond acceptors (Lipinski definition) is 8. The van der Waals surface area contributed by atoms with Crippen molar-refractivity contribution in [1.82, 2.24) is 5.32 Å². The van der Waals surface area contributed by atoms with Crippen molar-refractivity contribution < 1.29 is 34.9 Å². The Kier molecular flexibility index (Phi) is 7.84. The van der Waals surface area contributed by atoms with Gasteiger partial charge in [0, 0.05) is 13.1 Å². The molecule has 184 valence electrons. The number of aromatic carboxylic acids is 1. The quantitative estimate of drug-likeness (QED) is 0.277. The molecule has 0 bridgehead atoms. The second-order valence-electron chi connectivity index (χ2n) is 8.39. The van der Waals surface area contributed by atoms with Crippen LogP contribution < -0.4 is 20.0 Å². The first-order valence-corrected chi connectivity index (χ1v) is 11.3. The summed E-state index contributed by atoms with van der Waals surface area (Å²) in [4.78, 5) is 11.0. The predicted molar refractivity (Wildman–Crippen MR) is 128 cm³/mol. The zero-order valence-electron chi connectivity index (χ0n) is 19.0. The fraction of sp³-hybridized carbons (Fsp3) is 0.269. The SMILES string of the molecule is O=C(O)c1ccc(-c2ccc3c(c2)CC[C@H](CNCC(O)COc2ccc(N(O)O)cc2)O3)cc1. The smallest absolute Gasteiger partial charge is 0.335 e. The largest absolute Gasteiger partial charge is 0.491 e. The van der Waals surface area contributed by atoms with Crippen LogP contribution in [0, 0.1) is 0 Å². The van der Waals surface area contributed by atoms with E-state index in [1.807, 2.05) is 24.3 Å². The van der Waals surface area contributed by atoms with Crippen LogP contribution in [-0.4, -0.2) is 58.5 Å². The molecule has 1 heterocycles. The average molecular weight is 481 g/mol. The van der Waals surface area contributed by atoms with E-state index in [0.717, 1.165) is 35.3 Å². The number of benzene rings is 3. The summed E-state index contributed by atoms with van der Waals surface area (Å²) in [6, 6.07) is 19.0. The summed E-state index contributed by atoms with van der Waals surface area (Å²) in [6.07, 6.45) is 0.980. The molecule has 2 atom stereocenters. The molecule has 0 fully saturated rings. The van der Waals surface area contributed by atoms with Gasteiger partial charge in [0.2, 0.25) is 0 Å². The Morgan fingerprint density at radius 3 is 2.46 bits per heavy atom. The molecular weight excluding hydrogens is 452 g/mol. The number of nitrogens with zero attached hydrogens (tertiary/aromatic N) is 1. The molecule has 0 radical (unpaired) electrons. The van der Waals surface area contributed by atoms with Gasteiger partial charge in [-0.25, -0.2) is 4.79 Å². The van der Waals surface area contributed by atoms with Gasteiger partial charge in [0.05, 0.1) is 11.3 Å². The minimum atomic E-state index is -0.941. The Labute approximate surface area is 202 Å². The van der Waals surface area contributed by atoms with E-state index in [1.54, 1.807) is 24.3 Å². The number of aliphatic hydroxyl groups is 1. The Balaban J connectivity index is 1.22. The number of nitrogens with one attached hydrogen (secondary N) is 1. The van der Waals surface area contributed by atoms with Crippen LogP contribution in [0.25, 0.3) is 11.1 Å². The van der Waals surface area contributed by atoms with Gasteiger partial charge in [0.25, 0.3) is 0 Å². The van der Waals surface area contributed by atoms with Crippen LogP contribution in [-0.2, 0) is 6.42 Å². The van der Waals surface area contributed by atoms with Crippen molar-refractivity contribution in [1.29, 1.82) is 0 Å². The maximum absolute atomic E-state index is 11.0. The second-order valence-corrected chi connectivity index (χ2v) is 8.39. The number of anilines is 1. The van der Waals surface area contributed by atoms with E-state index in [0.29, 0.717) is 18.8 Å². The number of hydrogen-bond donors (Lipinski definition) is 5. The molecule has 1 unspecified atom stereocenters. The van der Waals surface area contributed by atoms with Crippen LogP contribution in [0.15, 0.2) is 66.7 Å². The number of carboxylic acids is 1. The summed E-state index contributed by atoms with van der Waals surface area (Å²) in [5.41, 5.74) is 3.56. The molecule has 0 saturated heterocycles. The summed E-state index contributed by atoms with van der Waals surface area (Å²) < 4.78 is 11.6. The molecule has 35 heavy (non-hydrogen) atoms. The van der Waals surface area contributed by atoms with E-state index in [4.69, 9.17) is 25.0 Å². The summed E-state index contributed by atoms with van der Waals surface area (Å²) >= 11 is 0. The maximum atomic E-state index is 11.0. The zero-order chi connectivity index (χ0) is 24.8. The van der Waals surface area contributed by atoms with Crippen molar-refractivity contribution in [3.63, 3.8) is 0 Å². The second kappa shape index (κ2) is 11.2. The Hall–Kier alpha value is -3.63. The molecule has 1 aliphatic heterocycles. The molecule has 0 saturated carbocycles. The first kappa shape index (κ1) is 24.5. The third-order valence-corrected chi connectivity index (χ3v) is 5.82. The molecule has 4 rings (SSSR count). The van der Waals surface area contributed by atoms with Crippen molar-refractivity contribution in [3.8, 4) is 22.6 Å². The predicted octanol–water partition coefficient (Wildman–Crippen LogP) is 3.36. The van der Waals surface area contributed by atoms with Crippen molar-refractivity contribution in [2.75, 3.05) is 24.9 Å². The molecule has 5 N–H and O–H groups in total. The molecule has 3 aromatic rings. The van der Waals surface area contributed by atoms with Crippen LogP contribution in [0.2, 0.25) is 0 Å². The number of aryl methyl sites for hydroxylation is 1. The highest BCUT2D eigenvalue weighted by Gasteiger charge is 2.20. The Bertz CT molecular complexity index is 1130. The van der Waals surface area contributed by atoms with E-state index in [1.165, 1.54) is 12.1 Å². The van der Waals surface area contributed by atoms with E-state index in [2.05, 4.69) is 11.4 Å². The number of aliphatic hydroxyl groups excluding tert-OH is 1. The zero-order valence-corrected chi connectivity index (χ0v) is 19.0. The number of fused-ring (bicyclic) bond motifs is 1. The Morgan fingerprint density at radius 1 is 1.06 bits per heavy atom. The minimum Gasteiger partial charge on any atom is -0.491 e. The minimum absolute atomic E-state index is 0.0104. The lowest BCUT2D eigenvalue weighted by atomic mass is 9.96. The molecule has 0 aliphatic carbocycles. The first-order valence-electron chi connectivity index (χ1n) is 11.3. The summed E-state index contributed by atoms with van der Waals surface area (Å²) in [5, 5.41) is 40.4. The average Bonchev–Trinajstić information content (AvgIpc) is 2.87. The third-order valence-electron chi connectivity index (χ3n) is 5.82. The molecule has 9 heteroatoms. The van der Waals surface area contributed by atoms with Gasteiger partial charge in [0.1, 0.15) is 30.3 Å². The topological polar surface area (TPSA) is 132 Å². The molecule has 9 nitrogen and oxygen atoms in total. The van der Waals surface area contributed by atoms with Gasteiger partial charge in [-0.15, -0.1) is 5.23 Å². The summed E-state index contributed by atoms with van der Waals surface area (Å²) in [5.74, 6) is 0.410. The molecule has 0 spiro atoms. The normalized spacial score (nSPS) is 15.6. The Morgan fingerprint density at radius 2 is 1.77 bits per heavy atom. The fourth-order valence-electron chi connectivity index (χ4n) is 3.91. The van der Waals surface area contributed by atoms with Gasteiger partial charge >= 0.3 is 5.97 Å². The molecule has 1 aliphatic rings. The lowest BCUT2D eigenvalue weighted by molar-refractivity contribution is 0.0291. The maximum Gasteiger partial charge on any atom is 0.335 e. The monoisotopic (exact) mass is 480 g/mol. The van der Waals surface area contributed by atoms with Crippen LogP contribution in [0.5, 0.6) is 11.5 Å². The van der Waals surface area contributed by atoms with Crippen LogP contribution in [0.3, 0.4) is 0 Å². The van der Waals surface area contributed by atoms with Gasteiger partial charge in [-0.2, -0.15) is 0 Å². The van der Waals surface area contributed by atoms with E-state index in [9.17, 15) is 9.90 Å². The number of carbonyl (C=O) groups is 1. The molecule has 0 amide bonds. The van der Waals surface area contributed by atoms with Gasteiger partial charge in [-0.3, -0.25) is 10.4 Å². The van der Waals surface area contributed by atoms with Crippen LogP contribution in [0.1, 0.15) is 22.3 Å². The van der Waals surface area contributed by atoms with Gasteiger partial charge in [-0.1, -0.05) is 18.2 Å². The van der Waals surface area contributed by atoms with Gasteiger partial charge in [-0.05, 0) is 78.1 Å². The van der Waals surface area contributed by atoms with Crippen molar-refractivity contribution in [2.24, 2.45) is 0 Å². The highest BCUT2D eigenvalue weighted by Crippen LogP contribution is 2.32. The standard InChI is InChI=1S/C26H28N2O7/c29-22(16-34-23-10-7-21(8-11-23)28(32)33)14-27-15-24-9-5-20-13-19(6-12-25(20)35-24)17-1-3-18(4-2-17)26(30)31/h1-4,6-8,10-13,22,24,27,29,32-33H,5,9,14-16H2,(H,30,31)/t22?,24-/m1/s1. The molecule has 3 aromatic carbocycles. The van der Waals surface area contributed by atoms with Crippen molar-refractivity contribution in [2.45, 2.75) is 25.0 Å². The van der Waals surface area contributed by atoms with Crippen molar-refractivity contribution in [3.05, 3.63) is 77.9 Å². The number of rotatable bonds is 10. The summed E-state index contributed by atoms with van der Waals surface area (Å²) in [6.45, 7) is 1.03. The third kappa shape index (κ3) is 6.49.